The number of nitrogens with zero attached hydrogens (tertiary/aromatic N) is 3. The number of aryl methyl sites for hydroxylation is 1. The number of rotatable bonds is 5. The van der Waals surface area contributed by atoms with E-state index in [1.54, 1.807) is 14.0 Å². The lowest BCUT2D eigenvalue weighted by atomic mass is 10.1. The van der Waals surface area contributed by atoms with Gasteiger partial charge in [-0.25, -0.2) is 4.63 Å². The highest BCUT2D eigenvalue weighted by atomic mass is 35.5. The SMILES string of the molecule is COC(/C(Cl)=N/Nc1nonc1C)c1ccccc1. The largest absolute Gasteiger partial charge is 0.369 e. The number of hydrogen-bond donors (Lipinski definition) is 1. The number of hydrazone groups is 1. The van der Waals surface area contributed by atoms with Crippen molar-refractivity contribution in [1.29, 1.82) is 0 Å². The quantitative estimate of drug-likeness (QED) is 0.673. The smallest absolute Gasteiger partial charge is 0.213 e. The first-order valence-corrected chi connectivity index (χ1v) is 5.96. The zero-order valence-electron chi connectivity index (χ0n) is 10.5. The van der Waals surface area contributed by atoms with E-state index in [1.807, 2.05) is 30.3 Å². The van der Waals surface area contributed by atoms with Crippen LogP contribution in [0.2, 0.25) is 0 Å². The minimum absolute atomic E-state index is 0.260. The molecule has 0 aliphatic heterocycles. The first-order chi connectivity index (χ1) is 9.22. The monoisotopic (exact) mass is 280 g/mol. The van der Waals surface area contributed by atoms with Crippen LogP contribution in [-0.2, 0) is 4.74 Å². The molecule has 0 aliphatic rings. The number of anilines is 1. The molecule has 0 saturated heterocycles. The molecule has 0 spiro atoms. The molecule has 1 heterocycles. The molecule has 0 saturated carbocycles. The lowest BCUT2D eigenvalue weighted by Crippen LogP contribution is -2.11. The van der Waals surface area contributed by atoms with Crippen molar-refractivity contribution in [2.75, 3.05) is 12.5 Å². The van der Waals surface area contributed by atoms with Crippen LogP contribution in [0.25, 0.3) is 0 Å². The molecule has 0 bridgehead atoms. The van der Waals surface area contributed by atoms with Gasteiger partial charge in [-0.15, -0.1) is 0 Å². The van der Waals surface area contributed by atoms with Gasteiger partial charge < -0.3 is 4.74 Å². The van der Waals surface area contributed by atoms with E-state index >= 15 is 0 Å². The van der Waals surface area contributed by atoms with Crippen LogP contribution in [0, 0.1) is 6.92 Å². The van der Waals surface area contributed by atoms with Crippen LogP contribution in [0.4, 0.5) is 5.82 Å². The van der Waals surface area contributed by atoms with Crippen molar-refractivity contribution in [2.24, 2.45) is 5.10 Å². The summed E-state index contributed by atoms with van der Waals surface area (Å²) in [6, 6.07) is 9.56. The number of ether oxygens (including phenoxy) is 1. The topological polar surface area (TPSA) is 72.5 Å². The van der Waals surface area contributed by atoms with Gasteiger partial charge in [0.25, 0.3) is 0 Å². The average molecular weight is 281 g/mol. The third-order valence-corrected chi connectivity index (χ3v) is 2.76. The Bertz CT molecular complexity index is 556. The fraction of sp³-hybridized carbons (Fsp3) is 0.250. The van der Waals surface area contributed by atoms with Gasteiger partial charge in [0.15, 0.2) is 5.17 Å². The number of nitrogens with one attached hydrogen (secondary N) is 1. The van der Waals surface area contributed by atoms with Crippen LogP contribution >= 0.6 is 11.6 Å². The van der Waals surface area contributed by atoms with E-state index in [2.05, 4.69) is 25.5 Å². The van der Waals surface area contributed by atoms with E-state index in [-0.39, 0.29) is 5.17 Å². The summed E-state index contributed by atoms with van der Waals surface area (Å²) >= 11 is 6.13. The summed E-state index contributed by atoms with van der Waals surface area (Å²) in [5, 5.41) is 11.5. The number of benzene rings is 1. The molecule has 1 aromatic heterocycles. The summed E-state index contributed by atoms with van der Waals surface area (Å²) in [5.74, 6) is 0.418. The fourth-order valence-electron chi connectivity index (χ4n) is 1.50. The molecule has 0 radical (unpaired) electrons. The molecule has 100 valence electrons. The molecule has 0 aliphatic carbocycles. The summed E-state index contributed by atoms with van der Waals surface area (Å²) < 4.78 is 9.88. The third-order valence-electron chi connectivity index (χ3n) is 2.48. The van der Waals surface area contributed by atoms with Crippen molar-refractivity contribution in [3.05, 3.63) is 41.6 Å². The van der Waals surface area contributed by atoms with Crippen molar-refractivity contribution >= 4 is 22.6 Å². The summed E-state index contributed by atoms with van der Waals surface area (Å²) in [6.45, 7) is 1.74. The van der Waals surface area contributed by atoms with Crippen molar-refractivity contribution < 1.29 is 9.37 Å². The molecular formula is C12H13ClN4O2. The summed E-state index contributed by atoms with van der Waals surface area (Å²) in [5.41, 5.74) is 4.20. The Hall–Kier alpha value is -1.92. The zero-order chi connectivity index (χ0) is 13.7. The normalized spacial score (nSPS) is 13.3. The fourth-order valence-corrected chi connectivity index (χ4v) is 1.75. The molecule has 0 amide bonds. The maximum absolute atomic E-state index is 6.13. The molecule has 2 rings (SSSR count). The highest BCUT2D eigenvalue weighted by Gasteiger charge is 2.16. The first kappa shape index (κ1) is 13.5. The third kappa shape index (κ3) is 3.30. The van der Waals surface area contributed by atoms with Gasteiger partial charge in [-0.1, -0.05) is 47.1 Å². The van der Waals surface area contributed by atoms with Crippen LogP contribution in [-0.4, -0.2) is 22.6 Å². The maximum Gasteiger partial charge on any atom is 0.213 e. The molecule has 1 atom stereocenters. The summed E-state index contributed by atoms with van der Waals surface area (Å²) in [4.78, 5) is 0. The van der Waals surface area contributed by atoms with Crippen LogP contribution in [0.5, 0.6) is 0 Å². The molecule has 6 nitrogen and oxygen atoms in total. The Balaban J connectivity index is 2.13. The summed E-state index contributed by atoms with van der Waals surface area (Å²) in [6.07, 6.45) is -0.435. The van der Waals surface area contributed by atoms with E-state index < -0.39 is 6.10 Å². The number of aromatic nitrogens is 2. The molecule has 1 unspecified atom stereocenters. The van der Waals surface area contributed by atoms with Gasteiger partial charge in [0.05, 0.1) is 0 Å². The Morgan fingerprint density at radius 1 is 1.37 bits per heavy atom. The van der Waals surface area contributed by atoms with E-state index in [4.69, 9.17) is 16.3 Å². The van der Waals surface area contributed by atoms with E-state index in [1.165, 1.54) is 0 Å². The molecule has 0 fully saturated rings. The van der Waals surface area contributed by atoms with Crippen LogP contribution in [0.15, 0.2) is 40.1 Å². The average Bonchev–Trinajstić information content (AvgIpc) is 2.84. The highest BCUT2D eigenvalue weighted by molar-refractivity contribution is 6.66. The number of methoxy groups -OCH3 is 1. The number of halogens is 1. The second kappa shape index (κ2) is 6.31. The number of hydrogen-bond acceptors (Lipinski definition) is 6. The lowest BCUT2D eigenvalue weighted by molar-refractivity contribution is 0.160. The van der Waals surface area contributed by atoms with E-state index in [0.29, 0.717) is 11.5 Å². The van der Waals surface area contributed by atoms with Gasteiger partial charge in [-0.05, 0) is 17.6 Å². The summed E-state index contributed by atoms with van der Waals surface area (Å²) in [7, 11) is 1.57. The molecule has 1 N–H and O–H groups in total. The van der Waals surface area contributed by atoms with E-state index in [0.717, 1.165) is 5.56 Å². The van der Waals surface area contributed by atoms with Crippen LogP contribution in [0.3, 0.4) is 0 Å². The van der Waals surface area contributed by atoms with Gasteiger partial charge in [0.1, 0.15) is 11.8 Å². The predicted molar refractivity (Wildman–Crippen MR) is 72.1 cm³/mol. The van der Waals surface area contributed by atoms with Gasteiger partial charge in [0.2, 0.25) is 5.82 Å². The Morgan fingerprint density at radius 2 is 2.11 bits per heavy atom. The standard InChI is InChI=1S/C12H13ClN4O2/c1-8-12(17-19-16-8)15-14-11(13)10(18-2)9-6-4-3-5-7-9/h3-7,10H,1-2H3,(H,15,17)/b14-11-. The lowest BCUT2D eigenvalue weighted by Gasteiger charge is -2.13. The second-order valence-corrected chi connectivity index (χ2v) is 4.16. The minimum atomic E-state index is -0.435. The van der Waals surface area contributed by atoms with Crippen molar-refractivity contribution in [1.82, 2.24) is 10.3 Å². The molecular weight excluding hydrogens is 268 g/mol. The molecule has 19 heavy (non-hydrogen) atoms. The van der Waals surface area contributed by atoms with Crippen molar-refractivity contribution in [2.45, 2.75) is 13.0 Å². The van der Waals surface area contributed by atoms with E-state index in [9.17, 15) is 0 Å². The predicted octanol–water partition coefficient (Wildman–Crippen LogP) is 2.73. The Kier molecular flexibility index (Phi) is 4.48. The van der Waals surface area contributed by atoms with Crippen molar-refractivity contribution in [3.63, 3.8) is 0 Å². The maximum atomic E-state index is 6.13. The Morgan fingerprint density at radius 3 is 2.68 bits per heavy atom. The van der Waals surface area contributed by atoms with Gasteiger partial charge in [-0.2, -0.15) is 5.10 Å². The minimum Gasteiger partial charge on any atom is -0.369 e. The van der Waals surface area contributed by atoms with Crippen molar-refractivity contribution in [3.8, 4) is 0 Å². The van der Waals surface area contributed by atoms with Crippen LogP contribution < -0.4 is 5.43 Å². The Labute approximate surface area is 115 Å². The van der Waals surface area contributed by atoms with Gasteiger partial charge in [0, 0.05) is 7.11 Å². The van der Waals surface area contributed by atoms with Gasteiger partial charge in [-0.3, -0.25) is 5.43 Å². The first-order valence-electron chi connectivity index (χ1n) is 5.58. The molecule has 2 aromatic rings. The highest BCUT2D eigenvalue weighted by Crippen LogP contribution is 2.20. The molecule has 1 aromatic carbocycles. The zero-order valence-corrected chi connectivity index (χ0v) is 11.3. The molecule has 7 heteroatoms. The van der Waals surface area contributed by atoms with Crippen LogP contribution in [0.1, 0.15) is 17.4 Å². The van der Waals surface area contributed by atoms with Gasteiger partial charge >= 0.3 is 0 Å². The second-order valence-electron chi connectivity index (χ2n) is 3.77.